The molecule has 1 fully saturated rings. The summed E-state index contributed by atoms with van der Waals surface area (Å²) in [5.41, 5.74) is 2.67. The van der Waals surface area contributed by atoms with Crippen LogP contribution in [0.2, 0.25) is 0 Å². The number of piperidine rings is 1. The van der Waals surface area contributed by atoms with Crippen molar-refractivity contribution in [3.63, 3.8) is 0 Å². The highest BCUT2D eigenvalue weighted by molar-refractivity contribution is 7.89. The Morgan fingerprint density at radius 1 is 1.21 bits per heavy atom. The summed E-state index contributed by atoms with van der Waals surface area (Å²) in [5, 5.41) is 7.30. The number of hydrogen-bond acceptors (Lipinski definition) is 4. The van der Waals surface area contributed by atoms with Crippen LogP contribution >= 0.6 is 0 Å². The normalized spacial score (nSPS) is 17.3. The fourth-order valence-corrected chi connectivity index (χ4v) is 5.66. The number of aromatic nitrogens is 2. The number of nitrogens with zero attached hydrogens (tertiary/aromatic N) is 3. The molecule has 1 aliphatic rings. The Bertz CT molecular complexity index is 1000. The number of amides is 1. The first-order valence-electron chi connectivity index (χ1n) is 10.0. The molecule has 1 amide bonds. The van der Waals surface area contributed by atoms with Gasteiger partial charge in [-0.3, -0.25) is 9.48 Å². The van der Waals surface area contributed by atoms with E-state index in [4.69, 9.17) is 0 Å². The van der Waals surface area contributed by atoms with Crippen LogP contribution in [-0.4, -0.2) is 41.5 Å². The first-order valence-corrected chi connectivity index (χ1v) is 11.5. The molecule has 1 aliphatic heterocycles. The quantitative estimate of drug-likeness (QED) is 0.806. The van der Waals surface area contributed by atoms with E-state index in [1.54, 1.807) is 25.1 Å². The van der Waals surface area contributed by atoms with E-state index in [0.717, 1.165) is 18.4 Å². The summed E-state index contributed by atoms with van der Waals surface area (Å²) in [6.07, 6.45) is 1.72. The highest BCUT2D eigenvalue weighted by atomic mass is 32.2. The molecule has 0 aliphatic carbocycles. The molecule has 1 atom stereocenters. The van der Waals surface area contributed by atoms with Gasteiger partial charge >= 0.3 is 0 Å². The lowest BCUT2D eigenvalue weighted by Crippen LogP contribution is -2.38. The molecular weight excluding hydrogens is 388 g/mol. The van der Waals surface area contributed by atoms with E-state index in [-0.39, 0.29) is 10.8 Å². The third-order valence-electron chi connectivity index (χ3n) is 5.63. The third kappa shape index (κ3) is 4.38. The maximum absolute atomic E-state index is 13.2. The number of benzene rings is 1. The van der Waals surface area contributed by atoms with Crippen molar-refractivity contribution in [2.45, 2.75) is 58.4 Å². The highest BCUT2D eigenvalue weighted by Gasteiger charge is 2.34. The largest absolute Gasteiger partial charge is 0.324 e. The average Bonchev–Trinajstić information content (AvgIpc) is 2.96. The van der Waals surface area contributed by atoms with Crippen molar-refractivity contribution in [1.82, 2.24) is 14.1 Å². The number of sulfonamides is 1. The number of rotatable bonds is 5. The molecule has 8 heteroatoms. The lowest BCUT2D eigenvalue weighted by molar-refractivity contribution is -0.119. The summed E-state index contributed by atoms with van der Waals surface area (Å²) in [4.78, 5) is 13.0. The number of hydrogen-bond donors (Lipinski definition) is 1. The molecular formula is C21H30N4O3S. The van der Waals surface area contributed by atoms with E-state index >= 15 is 0 Å². The predicted octanol–water partition coefficient (Wildman–Crippen LogP) is 3.43. The molecule has 7 nitrogen and oxygen atoms in total. The zero-order valence-electron chi connectivity index (χ0n) is 17.8. The summed E-state index contributed by atoms with van der Waals surface area (Å²) in [6, 6.07) is 6.91. The van der Waals surface area contributed by atoms with Crippen molar-refractivity contribution >= 4 is 21.6 Å². The standard InChI is InChI=1S/C21H30N4O3S/c1-14-9-11-24(12-10-14)29(27,28)20-16(3)23-25(17(20)4)18(5)21(26)22-19-8-6-7-15(2)13-19/h6-8,13-14,18H,9-12H2,1-5H3,(H,22,26)/t18-/m1/s1. The lowest BCUT2D eigenvalue weighted by atomic mass is 10.0. The molecule has 1 N–H and O–H groups in total. The van der Waals surface area contributed by atoms with Crippen molar-refractivity contribution in [2.75, 3.05) is 18.4 Å². The van der Waals surface area contributed by atoms with E-state index in [1.165, 1.54) is 4.68 Å². The van der Waals surface area contributed by atoms with Gasteiger partial charge in [0.15, 0.2) is 0 Å². The van der Waals surface area contributed by atoms with E-state index in [9.17, 15) is 13.2 Å². The molecule has 1 aromatic heterocycles. The minimum Gasteiger partial charge on any atom is -0.324 e. The average molecular weight is 419 g/mol. The van der Waals surface area contributed by atoms with E-state index in [0.29, 0.717) is 36.1 Å². The van der Waals surface area contributed by atoms with Gasteiger partial charge in [0.2, 0.25) is 15.9 Å². The second-order valence-corrected chi connectivity index (χ2v) is 9.94. The zero-order chi connectivity index (χ0) is 21.3. The number of carbonyl (C=O) groups excluding carboxylic acids is 1. The molecule has 2 aromatic rings. The Morgan fingerprint density at radius 3 is 2.48 bits per heavy atom. The molecule has 0 saturated carbocycles. The first-order chi connectivity index (χ1) is 13.6. The Kier molecular flexibility index (Phi) is 6.14. The topological polar surface area (TPSA) is 84.3 Å². The van der Waals surface area contributed by atoms with Crippen molar-refractivity contribution < 1.29 is 13.2 Å². The van der Waals surface area contributed by atoms with Crippen LogP contribution in [0.3, 0.4) is 0 Å². The molecule has 1 aromatic carbocycles. The molecule has 0 radical (unpaired) electrons. The molecule has 1 saturated heterocycles. The highest BCUT2D eigenvalue weighted by Crippen LogP contribution is 2.29. The van der Waals surface area contributed by atoms with Gasteiger partial charge in [0.1, 0.15) is 10.9 Å². The van der Waals surface area contributed by atoms with Gasteiger partial charge in [-0.25, -0.2) is 8.42 Å². The van der Waals surface area contributed by atoms with Gasteiger partial charge in [-0.2, -0.15) is 9.40 Å². The second kappa shape index (κ2) is 8.28. The fraction of sp³-hybridized carbons (Fsp3) is 0.524. The lowest BCUT2D eigenvalue weighted by Gasteiger charge is -2.29. The van der Waals surface area contributed by atoms with Crippen LogP contribution < -0.4 is 5.32 Å². The number of nitrogens with one attached hydrogen (secondary N) is 1. The second-order valence-electron chi connectivity index (χ2n) is 8.07. The van der Waals surface area contributed by atoms with Crippen molar-refractivity contribution in [1.29, 1.82) is 0 Å². The number of anilines is 1. The summed E-state index contributed by atoms with van der Waals surface area (Å²) >= 11 is 0. The van der Waals surface area contributed by atoms with Crippen LogP contribution in [0.15, 0.2) is 29.2 Å². The van der Waals surface area contributed by atoms with Gasteiger partial charge in [0, 0.05) is 18.8 Å². The summed E-state index contributed by atoms with van der Waals surface area (Å²) in [5.74, 6) is 0.300. The minimum atomic E-state index is -3.63. The van der Waals surface area contributed by atoms with Crippen LogP contribution in [0.25, 0.3) is 0 Å². The van der Waals surface area contributed by atoms with Crippen molar-refractivity contribution in [3.8, 4) is 0 Å². The smallest absolute Gasteiger partial charge is 0.248 e. The predicted molar refractivity (Wildman–Crippen MR) is 113 cm³/mol. The van der Waals surface area contributed by atoms with Crippen molar-refractivity contribution in [2.24, 2.45) is 5.92 Å². The molecule has 2 heterocycles. The molecule has 3 rings (SSSR count). The maximum atomic E-state index is 13.2. The monoisotopic (exact) mass is 418 g/mol. The maximum Gasteiger partial charge on any atom is 0.248 e. The number of aryl methyl sites for hydroxylation is 2. The van der Waals surface area contributed by atoms with Crippen LogP contribution in [-0.2, 0) is 14.8 Å². The van der Waals surface area contributed by atoms with Gasteiger partial charge in [-0.1, -0.05) is 19.1 Å². The van der Waals surface area contributed by atoms with Gasteiger partial charge < -0.3 is 5.32 Å². The molecule has 0 spiro atoms. The summed E-state index contributed by atoms with van der Waals surface area (Å²) in [6.45, 7) is 10.3. The SMILES string of the molecule is Cc1cccc(NC(=O)[C@@H](C)n2nc(C)c(S(=O)(=O)N3CCC(C)CC3)c2C)c1. The first kappa shape index (κ1) is 21.5. The van der Waals surface area contributed by atoms with Crippen LogP contribution in [0.5, 0.6) is 0 Å². The molecule has 0 bridgehead atoms. The third-order valence-corrected chi connectivity index (χ3v) is 7.78. The van der Waals surface area contributed by atoms with Gasteiger partial charge in [0.05, 0.1) is 11.4 Å². The summed E-state index contributed by atoms with van der Waals surface area (Å²) < 4.78 is 29.5. The van der Waals surface area contributed by atoms with E-state index < -0.39 is 16.1 Å². The van der Waals surface area contributed by atoms with Gasteiger partial charge in [0.25, 0.3) is 0 Å². The summed E-state index contributed by atoms with van der Waals surface area (Å²) in [7, 11) is -3.63. The van der Waals surface area contributed by atoms with Gasteiger partial charge in [-0.15, -0.1) is 0 Å². The fourth-order valence-electron chi connectivity index (χ4n) is 3.83. The minimum absolute atomic E-state index is 0.224. The van der Waals surface area contributed by atoms with Crippen LogP contribution in [0.4, 0.5) is 5.69 Å². The Labute approximate surface area is 173 Å². The Morgan fingerprint density at radius 2 is 1.86 bits per heavy atom. The van der Waals surface area contributed by atoms with E-state index in [2.05, 4.69) is 17.3 Å². The molecule has 158 valence electrons. The van der Waals surface area contributed by atoms with Crippen LogP contribution in [0.1, 0.15) is 49.7 Å². The van der Waals surface area contributed by atoms with Crippen LogP contribution in [0, 0.1) is 26.7 Å². The molecule has 29 heavy (non-hydrogen) atoms. The van der Waals surface area contributed by atoms with Crippen molar-refractivity contribution in [3.05, 3.63) is 41.2 Å². The Hall–Kier alpha value is -2.19. The molecule has 0 unspecified atom stereocenters. The number of carbonyl (C=O) groups is 1. The Balaban J connectivity index is 1.85. The van der Waals surface area contributed by atoms with E-state index in [1.807, 2.05) is 31.2 Å². The van der Waals surface area contributed by atoms with Gasteiger partial charge in [-0.05, 0) is 64.2 Å². The zero-order valence-corrected chi connectivity index (χ0v) is 18.6.